The highest BCUT2D eigenvalue weighted by Crippen LogP contribution is 2.75. The van der Waals surface area contributed by atoms with E-state index in [0.717, 1.165) is 36.2 Å². The molecule has 3 fully saturated rings. The second-order valence-corrected chi connectivity index (χ2v) is 14.3. The van der Waals surface area contributed by atoms with Gasteiger partial charge in [-0.05, 0) is 110 Å². The van der Waals surface area contributed by atoms with Crippen LogP contribution in [0.25, 0.3) is 0 Å². The summed E-state index contributed by atoms with van der Waals surface area (Å²) in [6.45, 7) is 22.8. The van der Waals surface area contributed by atoms with Crippen LogP contribution in [0.2, 0.25) is 0 Å². The van der Waals surface area contributed by atoms with Gasteiger partial charge in [-0.25, -0.2) is 0 Å². The van der Waals surface area contributed by atoms with Crippen molar-refractivity contribution in [3.05, 3.63) is 46.3 Å². The summed E-state index contributed by atoms with van der Waals surface area (Å²) in [6.07, 6.45) is 15.2. The number of hydrogen-bond acceptors (Lipinski definition) is 3. The van der Waals surface area contributed by atoms with E-state index in [-0.39, 0.29) is 27.8 Å². The average molecular weight is 492 g/mol. The van der Waals surface area contributed by atoms with Crippen molar-refractivity contribution in [2.45, 2.75) is 100 Å². The Hall–Kier alpha value is -1.61. The molecule has 0 aliphatic heterocycles. The normalized spacial score (nSPS) is 44.2. The van der Waals surface area contributed by atoms with E-state index >= 15 is 0 Å². The molecule has 0 amide bonds. The molecule has 0 radical (unpaired) electrons. The van der Waals surface area contributed by atoms with E-state index in [4.69, 9.17) is 0 Å². The van der Waals surface area contributed by atoms with Gasteiger partial charge in [0, 0.05) is 17.5 Å². The predicted octanol–water partition coefficient (Wildman–Crippen LogP) is 7.95. The maximum atomic E-state index is 12.7. The number of fused-ring (bicyclic) bond motifs is 7. The molecule has 0 heterocycles. The summed E-state index contributed by atoms with van der Waals surface area (Å²) in [5.41, 5.74) is 5.51. The molecule has 0 aromatic heterocycles. The smallest absolute Gasteiger partial charge is 0.220 e. The summed E-state index contributed by atoms with van der Waals surface area (Å²) in [6, 6.07) is 0. The van der Waals surface area contributed by atoms with E-state index in [1.165, 1.54) is 45.1 Å². The van der Waals surface area contributed by atoms with E-state index in [1.807, 2.05) is 6.92 Å². The molecule has 3 nitrogen and oxygen atoms in total. The lowest BCUT2D eigenvalue weighted by Gasteiger charge is -2.70. The lowest BCUT2D eigenvalue weighted by Crippen LogP contribution is -2.62. The minimum Gasteiger partial charge on any atom is -0.504 e. The molecule has 0 bridgehead atoms. The molecule has 0 aromatic carbocycles. The number of carbonyl (C=O) groups is 1. The van der Waals surface area contributed by atoms with Crippen molar-refractivity contribution in [1.29, 1.82) is 0 Å². The monoisotopic (exact) mass is 491 g/mol. The van der Waals surface area contributed by atoms with E-state index in [9.17, 15) is 9.90 Å². The Bertz CT molecular complexity index is 1100. The lowest BCUT2D eigenvalue weighted by molar-refractivity contribution is -0.163. The highest BCUT2D eigenvalue weighted by molar-refractivity contribution is 6.06. The minimum absolute atomic E-state index is 0.0829. The van der Waals surface area contributed by atoms with Gasteiger partial charge in [0.1, 0.15) is 0 Å². The molecule has 198 valence electrons. The van der Waals surface area contributed by atoms with Crippen molar-refractivity contribution in [2.75, 3.05) is 19.6 Å². The Kier molecular flexibility index (Phi) is 5.92. The molecular weight excluding hydrogens is 442 g/mol. The second-order valence-electron chi connectivity index (χ2n) is 14.3. The number of ketones is 1. The van der Waals surface area contributed by atoms with E-state index < -0.39 is 0 Å². The fraction of sp³-hybridized carbons (Fsp3) is 0.727. The van der Waals surface area contributed by atoms with Gasteiger partial charge in [0.25, 0.3) is 0 Å². The lowest BCUT2D eigenvalue weighted by atomic mass is 9.34. The van der Waals surface area contributed by atoms with E-state index in [1.54, 1.807) is 11.6 Å². The number of aliphatic hydroxyl groups is 1. The first-order chi connectivity index (χ1) is 16.8. The number of nitrogens with zero attached hydrogens (tertiary/aromatic N) is 1. The van der Waals surface area contributed by atoms with Gasteiger partial charge >= 0.3 is 0 Å². The first-order valence-electron chi connectivity index (χ1n) is 14.6. The molecule has 0 unspecified atom stereocenters. The third-order valence-corrected chi connectivity index (χ3v) is 12.5. The predicted molar refractivity (Wildman–Crippen MR) is 149 cm³/mol. The molecule has 3 heteroatoms. The summed E-state index contributed by atoms with van der Waals surface area (Å²) in [7, 11) is 0. The highest BCUT2D eigenvalue weighted by Gasteiger charge is 2.66. The maximum Gasteiger partial charge on any atom is 0.220 e. The summed E-state index contributed by atoms with van der Waals surface area (Å²) >= 11 is 0. The highest BCUT2D eigenvalue weighted by atomic mass is 16.3. The van der Waals surface area contributed by atoms with Crippen LogP contribution < -0.4 is 0 Å². The largest absolute Gasteiger partial charge is 0.504 e. The van der Waals surface area contributed by atoms with Crippen LogP contribution in [0, 0.1) is 33.0 Å². The van der Waals surface area contributed by atoms with Crippen molar-refractivity contribution in [1.82, 2.24) is 4.90 Å². The average Bonchev–Trinajstić information content (AvgIpc) is 2.84. The van der Waals surface area contributed by atoms with Crippen LogP contribution in [0.15, 0.2) is 46.3 Å². The Labute approximate surface area is 219 Å². The summed E-state index contributed by atoms with van der Waals surface area (Å²) in [5, 5.41) is 10.4. The number of hydrogen-bond donors (Lipinski definition) is 1. The van der Waals surface area contributed by atoms with Crippen LogP contribution in [0.5, 0.6) is 0 Å². The Morgan fingerprint density at radius 2 is 1.61 bits per heavy atom. The third-order valence-electron chi connectivity index (χ3n) is 12.5. The Morgan fingerprint density at radius 3 is 2.28 bits per heavy atom. The summed E-state index contributed by atoms with van der Waals surface area (Å²) < 4.78 is 0. The molecule has 5 aliphatic carbocycles. The van der Waals surface area contributed by atoms with Crippen LogP contribution in [-0.2, 0) is 4.79 Å². The fourth-order valence-corrected chi connectivity index (χ4v) is 9.66. The molecule has 5 aliphatic rings. The standard InChI is InChI=1S/C33H49NO2/c1-9-34(10-2)21-29(4)13-14-30(5)15-17-32(7)26-12-11-23-22(3)28(36)25(35)19-24(23)31(26,6)16-18-33(32,8)27(30)20-29/h11-12,19,27,36H,9-10,13-18,20-21H2,1-8H3/t27-,29-,30-,31+,32-,33+/m1/s1. The van der Waals surface area contributed by atoms with Crippen molar-refractivity contribution < 1.29 is 9.90 Å². The molecule has 1 N–H and O–H groups in total. The number of carbonyl (C=O) groups excluding carboxylic acids is 1. The van der Waals surface area contributed by atoms with Gasteiger partial charge in [-0.3, -0.25) is 4.79 Å². The topological polar surface area (TPSA) is 40.5 Å². The van der Waals surface area contributed by atoms with Gasteiger partial charge in [0.15, 0.2) is 5.76 Å². The van der Waals surface area contributed by atoms with Crippen LogP contribution >= 0.6 is 0 Å². The minimum atomic E-state index is -0.226. The quantitative estimate of drug-likeness (QED) is 0.434. The van der Waals surface area contributed by atoms with E-state index in [2.05, 4.69) is 65.5 Å². The first-order valence-corrected chi connectivity index (χ1v) is 14.6. The van der Waals surface area contributed by atoms with Crippen molar-refractivity contribution >= 4 is 5.78 Å². The van der Waals surface area contributed by atoms with Crippen molar-refractivity contribution in [3.63, 3.8) is 0 Å². The van der Waals surface area contributed by atoms with Crippen LogP contribution in [-0.4, -0.2) is 35.4 Å². The van der Waals surface area contributed by atoms with Crippen LogP contribution in [0.4, 0.5) is 0 Å². The number of rotatable bonds is 4. The zero-order valence-electron chi connectivity index (χ0n) is 24.2. The Balaban J connectivity index is 1.57. The van der Waals surface area contributed by atoms with Gasteiger partial charge < -0.3 is 10.0 Å². The molecular formula is C33H49NO2. The van der Waals surface area contributed by atoms with Crippen LogP contribution in [0.1, 0.15) is 100 Å². The summed E-state index contributed by atoms with van der Waals surface area (Å²) in [4.78, 5) is 15.3. The van der Waals surface area contributed by atoms with Gasteiger partial charge in [-0.1, -0.05) is 66.2 Å². The second kappa shape index (κ2) is 8.19. The van der Waals surface area contributed by atoms with E-state index in [0.29, 0.717) is 16.7 Å². The Morgan fingerprint density at radius 1 is 0.944 bits per heavy atom. The van der Waals surface area contributed by atoms with Gasteiger partial charge in [-0.2, -0.15) is 0 Å². The molecule has 0 spiro atoms. The number of aliphatic hydroxyl groups excluding tert-OH is 1. The van der Waals surface area contributed by atoms with Crippen molar-refractivity contribution in [2.24, 2.45) is 33.0 Å². The molecule has 3 saturated carbocycles. The van der Waals surface area contributed by atoms with Gasteiger partial charge in [0.2, 0.25) is 5.78 Å². The molecule has 36 heavy (non-hydrogen) atoms. The number of allylic oxidation sites excluding steroid dienone is 7. The fourth-order valence-electron chi connectivity index (χ4n) is 9.66. The first kappa shape index (κ1) is 26.0. The van der Waals surface area contributed by atoms with Gasteiger partial charge in [0.05, 0.1) is 0 Å². The van der Waals surface area contributed by atoms with Crippen LogP contribution in [0.3, 0.4) is 0 Å². The third kappa shape index (κ3) is 3.36. The molecule has 5 rings (SSSR count). The summed E-state index contributed by atoms with van der Waals surface area (Å²) in [5.74, 6) is 0.401. The SMILES string of the molecule is CCN(CC)C[C@]1(C)CC[C@]2(C)CC[C@]3(C)C4=CC=C5C(=CC(=O)C(O)=C5C)[C@]4(C)CC[C@@]3(C)[C@@H]2C1. The molecule has 0 aromatic rings. The molecule has 6 atom stereocenters. The van der Waals surface area contributed by atoms with Gasteiger partial charge in [-0.15, -0.1) is 0 Å². The zero-order chi connectivity index (χ0) is 26.3. The zero-order valence-corrected chi connectivity index (χ0v) is 24.2. The van der Waals surface area contributed by atoms with Crippen molar-refractivity contribution in [3.8, 4) is 0 Å². The maximum absolute atomic E-state index is 12.7. The molecule has 0 saturated heterocycles.